The minimum Gasteiger partial charge on any atom is -0.481 e. The molecule has 4 rings (SSSR count). The van der Waals surface area contributed by atoms with Crippen LogP contribution in [0.1, 0.15) is 30.0 Å². The molecule has 0 aliphatic heterocycles. The highest BCUT2D eigenvalue weighted by Gasteiger charge is 2.15. The molecule has 2 heterocycles. The lowest BCUT2D eigenvalue weighted by Crippen LogP contribution is -2.13. The third-order valence-corrected chi connectivity index (χ3v) is 6.11. The Hall–Kier alpha value is -3.64. The van der Waals surface area contributed by atoms with E-state index < -0.39 is 10.0 Å². The van der Waals surface area contributed by atoms with Crippen LogP contribution in [0.3, 0.4) is 0 Å². The lowest BCUT2D eigenvalue weighted by Gasteiger charge is -2.06. The molecule has 38 heavy (non-hydrogen) atoms. The number of rotatable bonds is 5. The van der Waals surface area contributed by atoms with Gasteiger partial charge >= 0.3 is 0 Å². The van der Waals surface area contributed by atoms with Gasteiger partial charge in [0.25, 0.3) is 5.91 Å². The van der Waals surface area contributed by atoms with Crippen LogP contribution in [0.15, 0.2) is 76.7 Å². The van der Waals surface area contributed by atoms with Crippen LogP contribution in [0, 0.1) is 6.92 Å². The van der Waals surface area contributed by atoms with Crippen LogP contribution >= 0.6 is 23.2 Å². The number of pyridine rings is 1. The predicted octanol–water partition coefficient (Wildman–Crippen LogP) is 4.87. The maximum absolute atomic E-state index is 11.6. The number of aryl methyl sites for hydroxylation is 1. The largest absolute Gasteiger partial charge is 0.481 e. The zero-order chi connectivity index (χ0) is 27.9. The number of benzene rings is 2. The number of aromatic nitrogens is 4. The number of halogens is 2. The molecule has 0 saturated carbocycles. The van der Waals surface area contributed by atoms with Crippen molar-refractivity contribution in [3.8, 4) is 17.2 Å². The van der Waals surface area contributed by atoms with Gasteiger partial charge in [0.2, 0.25) is 10.0 Å². The minimum absolute atomic E-state index is 0.0672. The SMILES string of the molecule is CCOC(C)=NC(=O)c1cccc(Cl)c1.Cc1nc(-c2cccc(Cl)c2)n(-c2ccc(S(N)(=O)=O)cn2)n1. The molecule has 13 heteroatoms. The molecule has 198 valence electrons. The van der Waals surface area contributed by atoms with E-state index in [9.17, 15) is 13.2 Å². The normalized spacial score (nSPS) is 11.5. The van der Waals surface area contributed by atoms with Crippen LogP contribution in [0.2, 0.25) is 10.0 Å². The number of hydrogen-bond acceptors (Lipinski definition) is 7. The molecule has 10 nitrogen and oxygen atoms in total. The van der Waals surface area contributed by atoms with Crippen LogP contribution in [0.25, 0.3) is 17.2 Å². The highest BCUT2D eigenvalue weighted by molar-refractivity contribution is 7.89. The second-order valence-corrected chi connectivity index (χ2v) is 10.1. The van der Waals surface area contributed by atoms with Gasteiger partial charge in [-0.1, -0.05) is 41.4 Å². The van der Waals surface area contributed by atoms with E-state index in [-0.39, 0.29) is 10.8 Å². The number of hydrogen-bond donors (Lipinski definition) is 1. The van der Waals surface area contributed by atoms with Gasteiger partial charge in [0, 0.05) is 34.3 Å². The second kappa shape index (κ2) is 12.7. The highest BCUT2D eigenvalue weighted by atomic mass is 35.5. The summed E-state index contributed by atoms with van der Waals surface area (Å²) in [7, 11) is -3.79. The molecule has 0 aliphatic rings. The van der Waals surface area contributed by atoms with Gasteiger partial charge in [0.1, 0.15) is 10.7 Å². The van der Waals surface area contributed by atoms with Crippen molar-refractivity contribution in [2.75, 3.05) is 6.61 Å². The summed E-state index contributed by atoms with van der Waals surface area (Å²) < 4.78 is 29.2. The average Bonchev–Trinajstić information content (AvgIpc) is 3.26. The summed E-state index contributed by atoms with van der Waals surface area (Å²) in [5.41, 5.74) is 1.23. The summed E-state index contributed by atoms with van der Waals surface area (Å²) in [6.45, 7) is 5.73. The number of carbonyl (C=O) groups is 1. The van der Waals surface area contributed by atoms with Gasteiger partial charge in [0.15, 0.2) is 17.5 Å². The number of carbonyl (C=O) groups excluding carboxylic acids is 1. The molecule has 1 amide bonds. The number of amides is 1. The molecular formula is C25H24Cl2N6O4S. The highest BCUT2D eigenvalue weighted by Crippen LogP contribution is 2.23. The van der Waals surface area contributed by atoms with Crippen molar-refractivity contribution in [1.29, 1.82) is 0 Å². The number of aliphatic imine (C=N–C) groups is 1. The van der Waals surface area contributed by atoms with E-state index in [2.05, 4.69) is 20.1 Å². The molecule has 2 aromatic heterocycles. The van der Waals surface area contributed by atoms with Gasteiger partial charge in [-0.2, -0.15) is 9.67 Å². The van der Waals surface area contributed by atoms with Crippen LogP contribution in [-0.4, -0.2) is 46.6 Å². The summed E-state index contributed by atoms with van der Waals surface area (Å²) in [6.07, 6.45) is 1.18. The zero-order valence-electron chi connectivity index (χ0n) is 20.7. The van der Waals surface area contributed by atoms with Gasteiger partial charge in [-0.05, 0) is 56.3 Å². The van der Waals surface area contributed by atoms with E-state index in [1.807, 2.05) is 19.1 Å². The molecular weight excluding hydrogens is 551 g/mol. The third-order valence-electron chi connectivity index (χ3n) is 4.75. The summed E-state index contributed by atoms with van der Waals surface area (Å²) in [5.74, 6) is 1.55. The van der Waals surface area contributed by atoms with Crippen LogP contribution < -0.4 is 5.14 Å². The molecule has 2 aromatic carbocycles. The Morgan fingerprint density at radius 3 is 2.34 bits per heavy atom. The molecule has 0 radical (unpaired) electrons. The molecule has 0 atom stereocenters. The van der Waals surface area contributed by atoms with E-state index in [0.29, 0.717) is 45.6 Å². The lowest BCUT2D eigenvalue weighted by molar-refractivity contribution is 0.0999. The number of sulfonamides is 1. The molecule has 0 unspecified atom stereocenters. The van der Waals surface area contributed by atoms with E-state index in [4.69, 9.17) is 33.1 Å². The number of nitrogens with two attached hydrogens (primary N) is 1. The Morgan fingerprint density at radius 1 is 1.08 bits per heavy atom. The van der Waals surface area contributed by atoms with Gasteiger partial charge in [0.05, 0.1) is 6.61 Å². The molecule has 4 aromatic rings. The topological polar surface area (TPSA) is 142 Å². The fraction of sp³-hybridized carbons (Fsp3) is 0.160. The average molecular weight is 575 g/mol. The molecule has 0 bridgehead atoms. The summed E-state index contributed by atoms with van der Waals surface area (Å²) in [4.78, 5) is 23.7. The van der Waals surface area contributed by atoms with Crippen molar-refractivity contribution in [2.45, 2.75) is 25.7 Å². The number of primary sulfonamides is 1. The Morgan fingerprint density at radius 2 is 1.76 bits per heavy atom. The van der Waals surface area contributed by atoms with Crippen LogP contribution in [-0.2, 0) is 14.8 Å². The fourth-order valence-corrected chi connectivity index (χ4v) is 3.96. The van der Waals surface area contributed by atoms with Crippen molar-refractivity contribution in [1.82, 2.24) is 19.7 Å². The summed E-state index contributed by atoms with van der Waals surface area (Å²) in [6, 6.07) is 16.7. The van der Waals surface area contributed by atoms with E-state index in [0.717, 1.165) is 5.56 Å². The van der Waals surface area contributed by atoms with Crippen molar-refractivity contribution in [3.63, 3.8) is 0 Å². The summed E-state index contributed by atoms with van der Waals surface area (Å²) in [5, 5.41) is 10.5. The molecule has 0 fully saturated rings. The number of ether oxygens (including phenoxy) is 1. The van der Waals surface area contributed by atoms with Gasteiger partial charge in [-0.3, -0.25) is 4.79 Å². The first-order valence-electron chi connectivity index (χ1n) is 11.1. The molecule has 0 spiro atoms. The van der Waals surface area contributed by atoms with Crippen LogP contribution in [0.5, 0.6) is 0 Å². The minimum atomic E-state index is -3.79. The maximum atomic E-state index is 11.6. The van der Waals surface area contributed by atoms with E-state index in [1.165, 1.54) is 23.0 Å². The van der Waals surface area contributed by atoms with E-state index >= 15 is 0 Å². The first-order valence-corrected chi connectivity index (χ1v) is 13.4. The summed E-state index contributed by atoms with van der Waals surface area (Å²) >= 11 is 11.8. The predicted molar refractivity (Wildman–Crippen MR) is 146 cm³/mol. The van der Waals surface area contributed by atoms with Gasteiger partial charge in [-0.15, -0.1) is 5.10 Å². The monoisotopic (exact) mass is 574 g/mol. The molecule has 0 aliphatic carbocycles. The first kappa shape index (κ1) is 28.9. The van der Waals surface area contributed by atoms with Gasteiger partial charge in [-0.25, -0.2) is 23.5 Å². The standard InChI is InChI=1S/C14H12ClN5O2S.C11H12ClNO2/c1-9-18-14(10-3-2-4-11(15)7-10)20(19-9)13-6-5-12(8-17-13)23(16,21)22;1-3-15-8(2)13-11(14)9-5-4-6-10(12)7-9/h2-8H,1H3,(H2,16,21,22);4-7H,3H2,1-2H3. The Bertz CT molecular complexity index is 1570. The van der Waals surface area contributed by atoms with E-state index in [1.54, 1.807) is 50.2 Å². The first-order chi connectivity index (χ1) is 18.0. The van der Waals surface area contributed by atoms with Gasteiger partial charge < -0.3 is 4.74 Å². The molecule has 0 saturated heterocycles. The van der Waals surface area contributed by atoms with Crippen molar-refractivity contribution in [3.05, 3.63) is 88.3 Å². The van der Waals surface area contributed by atoms with Crippen LogP contribution in [0.4, 0.5) is 0 Å². The molecule has 2 N–H and O–H groups in total. The Balaban J connectivity index is 0.000000232. The third kappa shape index (κ3) is 7.93. The Labute approximate surface area is 230 Å². The fourth-order valence-electron chi connectivity index (χ4n) is 3.13. The quantitative estimate of drug-likeness (QED) is 0.264. The lowest BCUT2D eigenvalue weighted by atomic mass is 10.2. The number of nitrogens with zero attached hydrogens (tertiary/aromatic N) is 5. The second-order valence-electron chi connectivity index (χ2n) is 7.68. The Kier molecular flexibility index (Phi) is 9.70. The van der Waals surface area contributed by atoms with Crippen molar-refractivity contribution in [2.24, 2.45) is 10.1 Å². The smallest absolute Gasteiger partial charge is 0.280 e. The maximum Gasteiger partial charge on any atom is 0.280 e. The zero-order valence-corrected chi connectivity index (χ0v) is 23.0. The van der Waals surface area contributed by atoms with Crippen molar-refractivity contribution >= 4 is 45.0 Å². The van der Waals surface area contributed by atoms with Crippen molar-refractivity contribution < 1.29 is 17.9 Å².